The molecule has 0 fully saturated rings. The number of ether oxygens (including phenoxy) is 1. The number of carbonyl (C=O) groups is 1. The SMILES string of the molecule is COc1ccc(C(=O)O)cc1CN1CCn2ccnc2C1. The number of methoxy groups -OCH3 is 1. The number of hydrogen-bond donors (Lipinski definition) is 1. The number of imidazole rings is 1. The molecular weight excluding hydrogens is 270 g/mol. The van der Waals surface area contributed by atoms with Gasteiger partial charge in [-0.3, -0.25) is 4.90 Å². The number of benzene rings is 1. The van der Waals surface area contributed by atoms with Gasteiger partial charge in [-0.05, 0) is 18.2 Å². The van der Waals surface area contributed by atoms with E-state index in [4.69, 9.17) is 9.84 Å². The summed E-state index contributed by atoms with van der Waals surface area (Å²) < 4.78 is 7.48. The Morgan fingerprint density at radius 2 is 2.29 bits per heavy atom. The van der Waals surface area contributed by atoms with E-state index < -0.39 is 5.97 Å². The number of hydrogen-bond acceptors (Lipinski definition) is 4. The Morgan fingerprint density at radius 3 is 3.05 bits per heavy atom. The van der Waals surface area contributed by atoms with E-state index in [1.54, 1.807) is 25.3 Å². The van der Waals surface area contributed by atoms with E-state index in [0.717, 1.165) is 31.0 Å². The van der Waals surface area contributed by atoms with Gasteiger partial charge < -0.3 is 14.4 Å². The lowest BCUT2D eigenvalue weighted by atomic mass is 10.1. The lowest BCUT2D eigenvalue weighted by Gasteiger charge is -2.28. The zero-order valence-corrected chi connectivity index (χ0v) is 11.8. The normalized spacial score (nSPS) is 14.7. The Kier molecular flexibility index (Phi) is 3.62. The molecule has 6 heteroatoms. The molecular formula is C15H17N3O3. The summed E-state index contributed by atoms with van der Waals surface area (Å²) in [6.45, 7) is 3.21. The molecule has 1 aliphatic heterocycles. The first-order chi connectivity index (χ1) is 10.2. The van der Waals surface area contributed by atoms with Crippen LogP contribution in [0.5, 0.6) is 5.75 Å². The predicted octanol–water partition coefficient (Wildman–Crippen LogP) is 1.61. The lowest BCUT2D eigenvalue weighted by molar-refractivity contribution is 0.0696. The molecule has 0 amide bonds. The highest BCUT2D eigenvalue weighted by Crippen LogP contribution is 2.23. The van der Waals surface area contributed by atoms with Crippen LogP contribution in [0, 0.1) is 0 Å². The highest BCUT2D eigenvalue weighted by Gasteiger charge is 2.18. The van der Waals surface area contributed by atoms with Gasteiger partial charge in [0.05, 0.1) is 19.2 Å². The first-order valence-electron chi connectivity index (χ1n) is 6.80. The highest BCUT2D eigenvalue weighted by atomic mass is 16.5. The number of aromatic carboxylic acids is 1. The molecule has 0 aliphatic carbocycles. The zero-order valence-electron chi connectivity index (χ0n) is 11.8. The van der Waals surface area contributed by atoms with Gasteiger partial charge in [-0.1, -0.05) is 0 Å². The topological polar surface area (TPSA) is 67.6 Å². The van der Waals surface area contributed by atoms with Gasteiger partial charge in [-0.25, -0.2) is 9.78 Å². The maximum absolute atomic E-state index is 11.1. The molecule has 0 bridgehead atoms. The average Bonchev–Trinajstić information content (AvgIpc) is 2.94. The molecule has 110 valence electrons. The maximum Gasteiger partial charge on any atom is 0.335 e. The summed E-state index contributed by atoms with van der Waals surface area (Å²) in [6.07, 6.45) is 3.79. The van der Waals surface area contributed by atoms with Crippen LogP contribution < -0.4 is 4.74 Å². The predicted molar refractivity (Wildman–Crippen MR) is 76.3 cm³/mol. The van der Waals surface area contributed by atoms with E-state index in [0.29, 0.717) is 12.3 Å². The summed E-state index contributed by atoms with van der Waals surface area (Å²) in [5, 5.41) is 9.11. The molecule has 0 radical (unpaired) electrons. The minimum absolute atomic E-state index is 0.282. The number of nitrogens with zero attached hydrogens (tertiary/aromatic N) is 3. The van der Waals surface area contributed by atoms with Crippen molar-refractivity contribution in [2.75, 3.05) is 13.7 Å². The van der Waals surface area contributed by atoms with Gasteiger partial charge >= 0.3 is 5.97 Å². The number of carboxylic acid groups (broad SMARTS) is 1. The molecule has 2 aromatic rings. The van der Waals surface area contributed by atoms with Gasteiger partial charge in [0.15, 0.2) is 0 Å². The second-order valence-corrected chi connectivity index (χ2v) is 5.08. The van der Waals surface area contributed by atoms with Crippen LogP contribution in [-0.2, 0) is 19.6 Å². The van der Waals surface area contributed by atoms with Crippen LogP contribution in [0.2, 0.25) is 0 Å². The second kappa shape index (κ2) is 5.57. The molecule has 0 atom stereocenters. The van der Waals surface area contributed by atoms with Crippen LogP contribution in [0.15, 0.2) is 30.6 Å². The zero-order chi connectivity index (χ0) is 14.8. The summed E-state index contributed by atoms with van der Waals surface area (Å²) >= 11 is 0. The van der Waals surface area contributed by atoms with Crippen molar-refractivity contribution in [1.29, 1.82) is 0 Å². The van der Waals surface area contributed by atoms with Crippen LogP contribution in [-0.4, -0.2) is 39.2 Å². The molecule has 0 unspecified atom stereocenters. The average molecular weight is 287 g/mol. The van der Waals surface area contributed by atoms with Crippen molar-refractivity contribution in [1.82, 2.24) is 14.5 Å². The summed E-state index contributed by atoms with van der Waals surface area (Å²) in [7, 11) is 1.60. The molecule has 1 aliphatic rings. The standard InChI is InChI=1S/C15H17N3O3/c1-21-13-3-2-11(15(19)20)8-12(13)9-17-6-7-18-5-4-16-14(18)10-17/h2-5,8H,6-7,9-10H2,1H3,(H,19,20). The van der Waals surface area contributed by atoms with E-state index in [9.17, 15) is 4.79 Å². The van der Waals surface area contributed by atoms with Crippen molar-refractivity contribution in [3.8, 4) is 5.75 Å². The quantitative estimate of drug-likeness (QED) is 0.925. The van der Waals surface area contributed by atoms with Crippen LogP contribution in [0.3, 0.4) is 0 Å². The Bertz CT molecular complexity index is 666. The van der Waals surface area contributed by atoms with Crippen LogP contribution in [0.4, 0.5) is 0 Å². The first kappa shape index (κ1) is 13.6. The number of aromatic nitrogens is 2. The molecule has 2 heterocycles. The van der Waals surface area contributed by atoms with Gasteiger partial charge in [-0.2, -0.15) is 0 Å². The fourth-order valence-electron chi connectivity index (χ4n) is 2.63. The largest absolute Gasteiger partial charge is 0.496 e. The molecule has 1 N–H and O–H groups in total. The Balaban J connectivity index is 1.81. The Hall–Kier alpha value is -2.34. The van der Waals surface area contributed by atoms with Crippen LogP contribution in [0.1, 0.15) is 21.7 Å². The lowest BCUT2D eigenvalue weighted by Crippen LogP contribution is -2.33. The van der Waals surface area contributed by atoms with E-state index in [-0.39, 0.29) is 5.56 Å². The van der Waals surface area contributed by atoms with Crippen molar-refractivity contribution in [3.05, 3.63) is 47.5 Å². The van der Waals surface area contributed by atoms with Crippen LogP contribution >= 0.6 is 0 Å². The Morgan fingerprint density at radius 1 is 1.43 bits per heavy atom. The van der Waals surface area contributed by atoms with E-state index >= 15 is 0 Å². The van der Waals surface area contributed by atoms with Gasteiger partial charge in [0.1, 0.15) is 11.6 Å². The van der Waals surface area contributed by atoms with Crippen molar-refractivity contribution >= 4 is 5.97 Å². The minimum Gasteiger partial charge on any atom is -0.496 e. The molecule has 3 rings (SSSR count). The fourth-order valence-corrected chi connectivity index (χ4v) is 2.63. The van der Waals surface area contributed by atoms with Gasteiger partial charge in [0.25, 0.3) is 0 Å². The van der Waals surface area contributed by atoms with E-state index in [1.165, 1.54) is 0 Å². The van der Waals surface area contributed by atoms with Crippen molar-refractivity contribution in [2.45, 2.75) is 19.6 Å². The third kappa shape index (κ3) is 2.75. The van der Waals surface area contributed by atoms with Crippen molar-refractivity contribution in [2.24, 2.45) is 0 Å². The van der Waals surface area contributed by atoms with Crippen molar-refractivity contribution < 1.29 is 14.6 Å². The summed E-state index contributed by atoms with van der Waals surface area (Å²) in [5.41, 5.74) is 1.17. The smallest absolute Gasteiger partial charge is 0.335 e. The number of fused-ring (bicyclic) bond motifs is 1. The molecule has 1 aromatic carbocycles. The first-order valence-corrected chi connectivity index (χ1v) is 6.80. The minimum atomic E-state index is -0.923. The third-order valence-electron chi connectivity index (χ3n) is 3.75. The molecule has 6 nitrogen and oxygen atoms in total. The van der Waals surface area contributed by atoms with Crippen LogP contribution in [0.25, 0.3) is 0 Å². The second-order valence-electron chi connectivity index (χ2n) is 5.08. The maximum atomic E-state index is 11.1. The molecule has 0 spiro atoms. The summed E-state index contributed by atoms with van der Waals surface area (Å²) in [6, 6.07) is 4.96. The van der Waals surface area contributed by atoms with Gasteiger partial charge in [-0.15, -0.1) is 0 Å². The fraction of sp³-hybridized carbons (Fsp3) is 0.333. The number of rotatable bonds is 4. The van der Waals surface area contributed by atoms with Gasteiger partial charge in [0, 0.05) is 37.6 Å². The Labute approximate surface area is 122 Å². The molecule has 0 saturated carbocycles. The van der Waals surface area contributed by atoms with E-state index in [1.807, 2.05) is 12.4 Å². The molecule has 21 heavy (non-hydrogen) atoms. The summed E-state index contributed by atoms with van der Waals surface area (Å²) in [4.78, 5) is 17.7. The molecule has 1 aromatic heterocycles. The number of carboxylic acids is 1. The van der Waals surface area contributed by atoms with Crippen molar-refractivity contribution in [3.63, 3.8) is 0 Å². The summed E-state index contributed by atoms with van der Waals surface area (Å²) in [5.74, 6) is 0.830. The monoisotopic (exact) mass is 287 g/mol. The third-order valence-corrected chi connectivity index (χ3v) is 3.75. The van der Waals surface area contributed by atoms with Gasteiger partial charge in [0.2, 0.25) is 0 Å². The molecule has 0 saturated heterocycles. The van der Waals surface area contributed by atoms with E-state index in [2.05, 4.69) is 14.5 Å². The highest BCUT2D eigenvalue weighted by molar-refractivity contribution is 5.88.